The van der Waals surface area contributed by atoms with Crippen molar-refractivity contribution >= 4 is 16.6 Å². The third kappa shape index (κ3) is 1.90. The molecule has 0 unspecified atom stereocenters. The largest absolute Gasteiger partial charge is 0.398 e. The Morgan fingerprint density at radius 2 is 2.00 bits per heavy atom. The molecule has 2 aromatic rings. The zero-order chi connectivity index (χ0) is 11.8. The van der Waals surface area contributed by atoms with Crippen LogP contribution in [0.15, 0.2) is 18.3 Å². The molecule has 1 fully saturated rings. The third-order valence-electron chi connectivity index (χ3n) is 3.87. The van der Waals surface area contributed by atoms with Crippen LogP contribution >= 0.6 is 0 Å². The molecule has 1 aliphatic rings. The minimum absolute atomic E-state index is 0.648. The number of aromatic nitrogens is 2. The molecule has 17 heavy (non-hydrogen) atoms. The smallest absolute Gasteiger partial charge is 0.0927 e. The van der Waals surface area contributed by atoms with Crippen molar-refractivity contribution in [1.29, 1.82) is 0 Å². The van der Waals surface area contributed by atoms with Crippen molar-refractivity contribution < 1.29 is 0 Å². The average Bonchev–Trinajstić information content (AvgIpc) is 2.68. The lowest BCUT2D eigenvalue weighted by molar-refractivity contribution is 0.444. The summed E-state index contributed by atoms with van der Waals surface area (Å²) in [7, 11) is 1.95. The predicted molar refractivity (Wildman–Crippen MR) is 71.0 cm³/mol. The Morgan fingerprint density at radius 1 is 1.24 bits per heavy atom. The van der Waals surface area contributed by atoms with Gasteiger partial charge in [-0.15, -0.1) is 0 Å². The highest BCUT2D eigenvalue weighted by Crippen LogP contribution is 2.36. The molecule has 1 saturated carbocycles. The summed E-state index contributed by atoms with van der Waals surface area (Å²) in [5, 5.41) is 5.61. The van der Waals surface area contributed by atoms with Crippen molar-refractivity contribution in [2.45, 2.75) is 38.0 Å². The van der Waals surface area contributed by atoms with Gasteiger partial charge in [0.2, 0.25) is 0 Å². The van der Waals surface area contributed by atoms with Gasteiger partial charge in [-0.1, -0.05) is 19.3 Å². The second-order valence-electron chi connectivity index (χ2n) is 5.18. The van der Waals surface area contributed by atoms with E-state index in [1.165, 1.54) is 37.7 Å². The molecule has 0 saturated heterocycles. The molecule has 1 aromatic carbocycles. The molecule has 0 radical (unpaired) electrons. The van der Waals surface area contributed by atoms with Gasteiger partial charge in [0.25, 0.3) is 0 Å². The summed E-state index contributed by atoms with van der Waals surface area (Å²) in [5.74, 6) is 0.648. The molecular weight excluding hydrogens is 210 g/mol. The van der Waals surface area contributed by atoms with E-state index in [1.54, 1.807) is 0 Å². The van der Waals surface area contributed by atoms with Crippen LogP contribution in [-0.2, 0) is 7.05 Å². The molecule has 0 atom stereocenters. The van der Waals surface area contributed by atoms with Crippen molar-refractivity contribution in [2.24, 2.45) is 7.05 Å². The number of anilines is 1. The fourth-order valence-corrected chi connectivity index (χ4v) is 3.00. The Labute approximate surface area is 102 Å². The Bertz CT molecular complexity index is 536. The van der Waals surface area contributed by atoms with Gasteiger partial charge in [0.1, 0.15) is 0 Å². The molecule has 0 bridgehead atoms. The van der Waals surface area contributed by atoms with E-state index in [-0.39, 0.29) is 0 Å². The van der Waals surface area contributed by atoms with Crippen LogP contribution in [0.25, 0.3) is 10.9 Å². The van der Waals surface area contributed by atoms with Crippen molar-refractivity contribution in [3.63, 3.8) is 0 Å². The molecule has 90 valence electrons. The number of nitrogen functional groups attached to an aromatic ring is 1. The molecule has 0 aliphatic heterocycles. The van der Waals surface area contributed by atoms with E-state index in [0.717, 1.165) is 16.6 Å². The van der Waals surface area contributed by atoms with Crippen LogP contribution in [0, 0.1) is 0 Å². The quantitative estimate of drug-likeness (QED) is 0.763. The number of hydrogen-bond donors (Lipinski definition) is 1. The summed E-state index contributed by atoms with van der Waals surface area (Å²) in [4.78, 5) is 0. The summed E-state index contributed by atoms with van der Waals surface area (Å²) < 4.78 is 1.86. The Hall–Kier alpha value is -1.51. The molecule has 1 aliphatic carbocycles. The van der Waals surface area contributed by atoms with Crippen molar-refractivity contribution in [3.05, 3.63) is 23.9 Å². The number of benzene rings is 1. The van der Waals surface area contributed by atoms with Crippen molar-refractivity contribution in [3.8, 4) is 0 Å². The van der Waals surface area contributed by atoms with E-state index >= 15 is 0 Å². The zero-order valence-electron chi connectivity index (χ0n) is 10.3. The van der Waals surface area contributed by atoms with Crippen molar-refractivity contribution in [1.82, 2.24) is 9.78 Å². The summed E-state index contributed by atoms with van der Waals surface area (Å²) in [6, 6.07) is 4.27. The fourth-order valence-electron chi connectivity index (χ4n) is 3.00. The lowest BCUT2D eigenvalue weighted by Gasteiger charge is -2.23. The third-order valence-corrected chi connectivity index (χ3v) is 3.87. The Morgan fingerprint density at radius 3 is 2.76 bits per heavy atom. The van der Waals surface area contributed by atoms with Crippen LogP contribution in [0.3, 0.4) is 0 Å². The highest BCUT2D eigenvalue weighted by atomic mass is 15.2. The SMILES string of the molecule is Cn1cc2cc(N)c(C3CCCCC3)cc2n1. The van der Waals surface area contributed by atoms with Gasteiger partial charge in [-0.2, -0.15) is 5.10 Å². The lowest BCUT2D eigenvalue weighted by atomic mass is 9.83. The molecule has 2 N–H and O–H groups in total. The maximum absolute atomic E-state index is 6.19. The summed E-state index contributed by atoms with van der Waals surface area (Å²) in [5.41, 5.74) is 9.52. The molecular formula is C14H19N3. The Kier molecular flexibility index (Phi) is 2.54. The molecule has 1 heterocycles. The van der Waals surface area contributed by atoms with Gasteiger partial charge < -0.3 is 5.73 Å². The summed E-state index contributed by atoms with van der Waals surface area (Å²) >= 11 is 0. The molecule has 0 amide bonds. The first-order valence-electron chi connectivity index (χ1n) is 6.47. The highest BCUT2D eigenvalue weighted by molar-refractivity contribution is 5.83. The lowest BCUT2D eigenvalue weighted by Crippen LogP contribution is -2.07. The fraction of sp³-hybridized carbons (Fsp3) is 0.500. The predicted octanol–water partition coefficient (Wildman–Crippen LogP) is 3.20. The second kappa shape index (κ2) is 4.06. The summed E-state index contributed by atoms with van der Waals surface area (Å²) in [6.45, 7) is 0. The van der Waals surface area contributed by atoms with Gasteiger partial charge in [-0.25, -0.2) is 0 Å². The number of nitrogens with zero attached hydrogens (tertiary/aromatic N) is 2. The van der Waals surface area contributed by atoms with Gasteiger partial charge in [0.05, 0.1) is 5.52 Å². The monoisotopic (exact) mass is 229 g/mol. The van der Waals surface area contributed by atoms with Gasteiger partial charge in [0, 0.05) is 24.3 Å². The minimum Gasteiger partial charge on any atom is -0.398 e. The standard InChI is InChI=1S/C14H19N3/c1-17-9-11-7-13(15)12(8-14(11)16-17)10-5-3-2-4-6-10/h7-10H,2-6,15H2,1H3. The van der Waals surface area contributed by atoms with Gasteiger partial charge >= 0.3 is 0 Å². The van der Waals surface area contributed by atoms with Crippen LogP contribution in [0.1, 0.15) is 43.6 Å². The van der Waals surface area contributed by atoms with E-state index in [4.69, 9.17) is 5.73 Å². The summed E-state index contributed by atoms with van der Waals surface area (Å²) in [6.07, 6.45) is 8.64. The molecule has 0 spiro atoms. The first-order valence-corrected chi connectivity index (χ1v) is 6.47. The number of rotatable bonds is 1. The van der Waals surface area contributed by atoms with Gasteiger partial charge in [0.15, 0.2) is 0 Å². The van der Waals surface area contributed by atoms with Crippen LogP contribution in [-0.4, -0.2) is 9.78 Å². The van der Waals surface area contributed by atoms with Crippen LogP contribution in [0.4, 0.5) is 5.69 Å². The maximum Gasteiger partial charge on any atom is 0.0927 e. The van der Waals surface area contributed by atoms with E-state index in [0.29, 0.717) is 5.92 Å². The molecule has 3 nitrogen and oxygen atoms in total. The van der Waals surface area contributed by atoms with Gasteiger partial charge in [-0.3, -0.25) is 4.68 Å². The van der Waals surface area contributed by atoms with E-state index in [2.05, 4.69) is 17.2 Å². The average molecular weight is 229 g/mol. The topological polar surface area (TPSA) is 43.8 Å². The number of aryl methyl sites for hydroxylation is 1. The maximum atomic E-state index is 6.19. The second-order valence-corrected chi connectivity index (χ2v) is 5.18. The number of nitrogens with two attached hydrogens (primary N) is 1. The first-order chi connectivity index (χ1) is 8.24. The Balaban J connectivity index is 2.05. The van der Waals surface area contributed by atoms with Crippen LogP contribution in [0.2, 0.25) is 0 Å². The highest BCUT2D eigenvalue weighted by Gasteiger charge is 2.18. The first kappa shape index (κ1) is 10.6. The van der Waals surface area contributed by atoms with E-state index in [9.17, 15) is 0 Å². The van der Waals surface area contributed by atoms with Crippen LogP contribution in [0.5, 0.6) is 0 Å². The minimum atomic E-state index is 0.648. The van der Waals surface area contributed by atoms with Crippen LogP contribution < -0.4 is 5.73 Å². The van der Waals surface area contributed by atoms with E-state index < -0.39 is 0 Å². The van der Waals surface area contributed by atoms with Crippen molar-refractivity contribution in [2.75, 3.05) is 5.73 Å². The van der Waals surface area contributed by atoms with Gasteiger partial charge in [-0.05, 0) is 36.5 Å². The number of fused-ring (bicyclic) bond motifs is 1. The normalized spacial score (nSPS) is 17.7. The van der Waals surface area contributed by atoms with E-state index in [1.807, 2.05) is 17.9 Å². The number of hydrogen-bond acceptors (Lipinski definition) is 2. The zero-order valence-corrected chi connectivity index (χ0v) is 10.3. The molecule has 3 heteroatoms. The molecule has 1 aromatic heterocycles. The molecule has 3 rings (SSSR count).